The van der Waals surface area contributed by atoms with Crippen molar-refractivity contribution in [2.24, 2.45) is 0 Å². The Bertz CT molecular complexity index is 1130. The third kappa shape index (κ3) is 3.23. The summed E-state index contributed by atoms with van der Waals surface area (Å²) in [6.45, 7) is 0.788. The lowest BCUT2D eigenvalue weighted by molar-refractivity contribution is 0.00706. The van der Waals surface area contributed by atoms with E-state index in [4.69, 9.17) is 25.8 Å². The number of halogens is 1. The highest BCUT2D eigenvalue weighted by molar-refractivity contribution is 6.34. The molecule has 31 heavy (non-hydrogen) atoms. The van der Waals surface area contributed by atoms with E-state index in [1.165, 1.54) is 5.56 Å². The predicted molar refractivity (Wildman–Crippen MR) is 114 cm³/mol. The second kappa shape index (κ2) is 7.18. The Kier molecular flexibility index (Phi) is 4.52. The summed E-state index contributed by atoms with van der Waals surface area (Å²) >= 11 is 6.58. The van der Waals surface area contributed by atoms with Crippen LogP contribution in [-0.4, -0.2) is 64.4 Å². The van der Waals surface area contributed by atoms with E-state index in [9.17, 15) is 10.2 Å². The van der Waals surface area contributed by atoms with Gasteiger partial charge in [0, 0.05) is 11.0 Å². The number of nitrogens with zero attached hydrogens (tertiary/aromatic N) is 1. The Morgan fingerprint density at radius 3 is 2.65 bits per heavy atom. The van der Waals surface area contributed by atoms with Crippen LogP contribution in [0.25, 0.3) is 22.2 Å². The summed E-state index contributed by atoms with van der Waals surface area (Å²) in [6.07, 6.45) is 0.473. The van der Waals surface area contributed by atoms with E-state index in [1.807, 2.05) is 24.3 Å². The van der Waals surface area contributed by atoms with Crippen LogP contribution in [0.3, 0.4) is 0 Å². The number of hydrogen-bond donors (Lipinski definition) is 3. The normalized spacial score (nSPS) is 28.7. The van der Waals surface area contributed by atoms with Crippen molar-refractivity contribution in [3.63, 3.8) is 0 Å². The van der Waals surface area contributed by atoms with Gasteiger partial charge in [0.1, 0.15) is 18.3 Å². The smallest absolute Gasteiger partial charge is 0.295 e. The van der Waals surface area contributed by atoms with Gasteiger partial charge in [-0.15, -0.1) is 0 Å². The Morgan fingerprint density at radius 2 is 1.90 bits per heavy atom. The number of imidazole rings is 1. The van der Waals surface area contributed by atoms with Crippen LogP contribution in [0, 0.1) is 0 Å². The molecule has 3 aromatic rings. The molecule has 4 unspecified atom stereocenters. The molecule has 1 saturated carbocycles. The molecule has 3 aliphatic rings. The number of aromatic nitrogens is 2. The Labute approximate surface area is 183 Å². The van der Waals surface area contributed by atoms with Crippen LogP contribution in [0.1, 0.15) is 18.4 Å². The topological polar surface area (TPSA) is 96.8 Å². The maximum atomic E-state index is 9.89. The monoisotopic (exact) mass is 442 g/mol. The fraction of sp³-hybridized carbons (Fsp3) is 0.435. The van der Waals surface area contributed by atoms with Gasteiger partial charge in [-0.3, -0.25) is 0 Å². The molecule has 1 aromatic heterocycles. The summed E-state index contributed by atoms with van der Waals surface area (Å²) in [5.41, 5.74) is 4.52. The average Bonchev–Trinajstić information content (AvgIpc) is 3.12. The summed E-state index contributed by atoms with van der Waals surface area (Å²) < 4.78 is 17.2. The minimum Gasteiger partial charge on any atom is -0.456 e. The lowest BCUT2D eigenvalue weighted by atomic mass is 9.94. The van der Waals surface area contributed by atoms with E-state index in [-0.39, 0.29) is 36.9 Å². The highest BCUT2D eigenvalue weighted by Crippen LogP contribution is 2.48. The van der Waals surface area contributed by atoms with Crippen LogP contribution in [0.15, 0.2) is 36.4 Å². The van der Waals surface area contributed by atoms with E-state index in [1.54, 1.807) is 0 Å². The van der Waals surface area contributed by atoms with Gasteiger partial charge in [0.15, 0.2) is 6.10 Å². The van der Waals surface area contributed by atoms with Gasteiger partial charge in [0.25, 0.3) is 6.01 Å². The molecule has 2 aromatic carbocycles. The second-order valence-electron chi connectivity index (χ2n) is 8.73. The molecule has 3 fully saturated rings. The number of rotatable bonds is 5. The number of hydrogen-bond acceptors (Lipinski definition) is 6. The first-order valence-electron chi connectivity index (χ1n) is 10.6. The first-order chi connectivity index (χ1) is 15.1. The van der Waals surface area contributed by atoms with E-state index in [0.717, 1.165) is 35.0 Å². The lowest BCUT2D eigenvalue weighted by Crippen LogP contribution is -2.34. The molecular formula is C23H23ClN2O5. The molecule has 7 nitrogen and oxygen atoms in total. The maximum absolute atomic E-state index is 9.89. The van der Waals surface area contributed by atoms with Crippen molar-refractivity contribution < 1.29 is 24.4 Å². The molecule has 0 radical (unpaired) electrons. The SMILES string of the molecule is OCC1(c2ccc(-c3cc4nc(OC5COC6C(O)COC56)[nH]c4cc3Cl)cc2)CC1. The molecule has 3 heterocycles. The Morgan fingerprint density at radius 1 is 1.13 bits per heavy atom. The van der Waals surface area contributed by atoms with Crippen LogP contribution < -0.4 is 4.74 Å². The highest BCUT2D eigenvalue weighted by Gasteiger charge is 2.48. The molecule has 162 valence electrons. The van der Waals surface area contributed by atoms with Crippen molar-refractivity contribution in [2.75, 3.05) is 19.8 Å². The number of aliphatic hydroxyl groups excluding tert-OH is 2. The zero-order chi connectivity index (χ0) is 21.2. The molecule has 0 bridgehead atoms. The van der Waals surface area contributed by atoms with Crippen LogP contribution in [0.4, 0.5) is 0 Å². The first kappa shape index (κ1) is 19.5. The largest absolute Gasteiger partial charge is 0.456 e. The molecular weight excluding hydrogens is 420 g/mol. The van der Waals surface area contributed by atoms with Crippen molar-refractivity contribution in [1.82, 2.24) is 9.97 Å². The summed E-state index contributed by atoms with van der Waals surface area (Å²) in [6, 6.07) is 12.4. The number of benzene rings is 2. The summed E-state index contributed by atoms with van der Waals surface area (Å²) in [5.74, 6) is 0. The zero-order valence-corrected chi connectivity index (χ0v) is 17.5. The second-order valence-corrected chi connectivity index (χ2v) is 9.13. The summed E-state index contributed by atoms with van der Waals surface area (Å²) in [5, 5.41) is 20.2. The van der Waals surface area contributed by atoms with Crippen LogP contribution in [0.2, 0.25) is 5.02 Å². The fourth-order valence-corrected chi connectivity index (χ4v) is 4.94. The van der Waals surface area contributed by atoms with Gasteiger partial charge in [-0.25, -0.2) is 0 Å². The molecule has 2 aliphatic heterocycles. The molecule has 3 N–H and O–H groups in total. The third-order valence-corrected chi connectivity index (χ3v) is 7.07. The predicted octanol–water partition coefficient (Wildman–Crippen LogP) is 2.81. The molecule has 2 saturated heterocycles. The third-order valence-electron chi connectivity index (χ3n) is 6.76. The van der Waals surface area contributed by atoms with E-state index < -0.39 is 6.10 Å². The number of H-pyrrole nitrogens is 1. The van der Waals surface area contributed by atoms with Gasteiger partial charge >= 0.3 is 0 Å². The van der Waals surface area contributed by atoms with Crippen molar-refractivity contribution >= 4 is 22.6 Å². The van der Waals surface area contributed by atoms with Gasteiger partial charge < -0.3 is 29.4 Å². The molecule has 0 amide bonds. The maximum Gasteiger partial charge on any atom is 0.295 e. The van der Waals surface area contributed by atoms with Gasteiger partial charge in [0.05, 0.1) is 35.9 Å². The molecule has 0 spiro atoms. The molecule has 6 rings (SSSR count). The minimum atomic E-state index is -0.616. The average molecular weight is 443 g/mol. The van der Waals surface area contributed by atoms with Crippen molar-refractivity contribution in [1.29, 1.82) is 0 Å². The van der Waals surface area contributed by atoms with Crippen molar-refractivity contribution in [3.05, 3.63) is 47.0 Å². The summed E-state index contributed by atoms with van der Waals surface area (Å²) in [4.78, 5) is 7.73. The van der Waals surface area contributed by atoms with Gasteiger partial charge in [-0.1, -0.05) is 35.9 Å². The van der Waals surface area contributed by atoms with E-state index in [2.05, 4.69) is 22.1 Å². The van der Waals surface area contributed by atoms with Crippen LogP contribution in [-0.2, 0) is 14.9 Å². The highest BCUT2D eigenvalue weighted by atomic mass is 35.5. The Hall–Kier alpha value is -2.16. The van der Waals surface area contributed by atoms with Gasteiger partial charge in [0.2, 0.25) is 0 Å². The fourth-order valence-electron chi connectivity index (χ4n) is 4.66. The number of nitrogens with one attached hydrogen (secondary N) is 1. The number of aromatic amines is 1. The Balaban J connectivity index is 1.26. The zero-order valence-electron chi connectivity index (χ0n) is 16.8. The standard InChI is InChI=1S/C23H23ClN2O5/c24-15-8-17-16(7-14(15)12-1-3-13(4-2-12)23(11-27)5-6-23)25-22(26-17)31-19-10-30-20-18(28)9-29-21(19)20/h1-4,7-8,18-21,27-28H,5-6,9-11H2,(H,25,26). The van der Waals surface area contributed by atoms with Crippen LogP contribution >= 0.6 is 11.6 Å². The van der Waals surface area contributed by atoms with Crippen molar-refractivity contribution in [3.8, 4) is 17.1 Å². The minimum absolute atomic E-state index is 0.0528. The number of fused-ring (bicyclic) bond motifs is 2. The first-order valence-corrected chi connectivity index (χ1v) is 10.9. The molecule has 4 atom stereocenters. The van der Waals surface area contributed by atoms with Gasteiger partial charge in [-0.05, 0) is 36.1 Å². The van der Waals surface area contributed by atoms with Crippen molar-refractivity contribution in [2.45, 2.75) is 42.7 Å². The lowest BCUT2D eigenvalue weighted by Gasteiger charge is -2.15. The molecule has 1 aliphatic carbocycles. The van der Waals surface area contributed by atoms with E-state index in [0.29, 0.717) is 17.6 Å². The number of aliphatic hydroxyl groups is 2. The van der Waals surface area contributed by atoms with E-state index >= 15 is 0 Å². The number of ether oxygens (including phenoxy) is 3. The molecule has 8 heteroatoms. The quantitative estimate of drug-likeness (QED) is 0.562. The summed E-state index contributed by atoms with van der Waals surface area (Å²) in [7, 11) is 0. The van der Waals surface area contributed by atoms with Gasteiger partial charge in [-0.2, -0.15) is 4.98 Å². The van der Waals surface area contributed by atoms with Crippen LogP contribution in [0.5, 0.6) is 6.01 Å².